The highest BCUT2D eigenvalue weighted by Crippen LogP contribution is 2.42. The summed E-state index contributed by atoms with van der Waals surface area (Å²) < 4.78 is 6.74. The molecular formula is C57H38N4O. The van der Waals surface area contributed by atoms with E-state index in [1.165, 1.54) is 5.56 Å². The van der Waals surface area contributed by atoms with Crippen LogP contribution >= 0.6 is 0 Å². The molecular weight excluding hydrogens is 757 g/mol. The molecule has 11 rings (SSSR count). The van der Waals surface area contributed by atoms with Gasteiger partial charge in [-0.2, -0.15) is 0 Å². The number of furan rings is 1. The molecule has 0 fully saturated rings. The minimum absolute atomic E-state index is 0.578. The second kappa shape index (κ2) is 16.0. The maximum atomic E-state index is 6.74. The SMILES string of the molecule is c1ccc(-c2ccc(N(c3cccc(-c4ccccc4)c3)c3ccc4c(c3)oc3cccc(-c5nc(-c6ccccc6)nc(-c6cccc(-c7ccccc7)c6)n5)c34)cc2)cc1. The van der Waals surface area contributed by atoms with Gasteiger partial charge in [-0.15, -0.1) is 0 Å². The second-order valence-electron chi connectivity index (χ2n) is 15.2. The highest BCUT2D eigenvalue weighted by Gasteiger charge is 2.21. The number of fused-ring (bicyclic) bond motifs is 3. The molecule has 9 aromatic carbocycles. The molecule has 2 aromatic heterocycles. The molecule has 0 aliphatic rings. The number of aromatic nitrogens is 3. The molecule has 5 heteroatoms. The van der Waals surface area contributed by atoms with Crippen LogP contribution in [0.3, 0.4) is 0 Å². The van der Waals surface area contributed by atoms with Crippen molar-refractivity contribution in [2.45, 2.75) is 0 Å². The largest absolute Gasteiger partial charge is 0.456 e. The molecule has 0 aliphatic carbocycles. The van der Waals surface area contributed by atoms with Gasteiger partial charge in [-0.1, -0.05) is 176 Å². The molecule has 5 nitrogen and oxygen atoms in total. The summed E-state index contributed by atoms with van der Waals surface area (Å²) in [7, 11) is 0. The van der Waals surface area contributed by atoms with Gasteiger partial charge in [0.15, 0.2) is 17.5 Å². The summed E-state index contributed by atoms with van der Waals surface area (Å²) in [6, 6.07) is 79.9. The first-order chi connectivity index (χ1) is 30.7. The highest BCUT2D eigenvalue weighted by molar-refractivity contribution is 6.12. The summed E-state index contributed by atoms with van der Waals surface area (Å²) in [5.74, 6) is 1.79. The summed E-state index contributed by atoms with van der Waals surface area (Å²) in [6.45, 7) is 0. The molecule has 0 aliphatic heterocycles. The summed E-state index contributed by atoms with van der Waals surface area (Å²) in [6.07, 6.45) is 0. The van der Waals surface area contributed by atoms with Gasteiger partial charge in [0.2, 0.25) is 0 Å². The molecule has 292 valence electrons. The van der Waals surface area contributed by atoms with E-state index >= 15 is 0 Å². The number of nitrogens with zero attached hydrogens (tertiary/aromatic N) is 4. The Morgan fingerprint density at radius 1 is 0.290 bits per heavy atom. The van der Waals surface area contributed by atoms with Gasteiger partial charge in [-0.3, -0.25) is 0 Å². The lowest BCUT2D eigenvalue weighted by Crippen LogP contribution is -2.10. The van der Waals surface area contributed by atoms with E-state index in [9.17, 15) is 0 Å². The standard InChI is InChI=1S/C57H38N4O/c1-5-16-39(17-6-1)42-30-32-47(33-31-42)61(48-27-14-25-45(37-48)41-20-9-3-10-21-41)49-34-35-50-53(38-49)62-52-29-15-28-51(54(50)52)57-59-55(43-22-11-4-12-23-43)58-56(60-57)46-26-13-24-44(36-46)40-18-7-2-8-19-40/h1-38H. The monoisotopic (exact) mass is 794 g/mol. The number of anilines is 3. The zero-order valence-corrected chi connectivity index (χ0v) is 33.6. The van der Waals surface area contributed by atoms with Crippen molar-refractivity contribution in [3.05, 3.63) is 231 Å². The smallest absolute Gasteiger partial charge is 0.164 e. The van der Waals surface area contributed by atoms with Crippen LogP contribution in [0.2, 0.25) is 0 Å². The fourth-order valence-electron chi connectivity index (χ4n) is 8.29. The number of hydrogen-bond donors (Lipinski definition) is 0. The molecule has 0 saturated carbocycles. The van der Waals surface area contributed by atoms with Crippen molar-refractivity contribution in [1.29, 1.82) is 0 Å². The van der Waals surface area contributed by atoms with Crippen molar-refractivity contribution in [2.24, 2.45) is 0 Å². The molecule has 0 bridgehead atoms. The molecule has 2 heterocycles. The zero-order chi connectivity index (χ0) is 41.2. The third-order valence-corrected chi connectivity index (χ3v) is 11.3. The lowest BCUT2D eigenvalue weighted by molar-refractivity contribution is 0.669. The van der Waals surface area contributed by atoms with E-state index in [4.69, 9.17) is 19.4 Å². The predicted octanol–water partition coefficient (Wildman–Crippen LogP) is 15.2. The molecule has 0 unspecified atom stereocenters. The Balaban J connectivity index is 1.05. The first-order valence-corrected chi connectivity index (χ1v) is 20.8. The molecule has 0 saturated heterocycles. The lowest BCUT2D eigenvalue weighted by atomic mass is 10.0. The van der Waals surface area contributed by atoms with E-state index in [1.54, 1.807) is 0 Å². The fraction of sp³-hybridized carbons (Fsp3) is 0. The summed E-state index contributed by atoms with van der Waals surface area (Å²) in [5, 5.41) is 1.93. The molecule has 62 heavy (non-hydrogen) atoms. The third kappa shape index (κ3) is 7.08. The van der Waals surface area contributed by atoms with E-state index in [-0.39, 0.29) is 0 Å². The van der Waals surface area contributed by atoms with Gasteiger partial charge in [0.05, 0.1) is 0 Å². The van der Waals surface area contributed by atoms with E-state index in [1.807, 2.05) is 54.6 Å². The third-order valence-electron chi connectivity index (χ3n) is 11.3. The van der Waals surface area contributed by atoms with Crippen LogP contribution in [-0.4, -0.2) is 15.0 Å². The Hall–Kier alpha value is -8.41. The highest BCUT2D eigenvalue weighted by atomic mass is 16.3. The maximum absolute atomic E-state index is 6.74. The maximum Gasteiger partial charge on any atom is 0.164 e. The van der Waals surface area contributed by atoms with Gasteiger partial charge in [0, 0.05) is 50.6 Å². The number of hydrogen-bond acceptors (Lipinski definition) is 5. The molecule has 11 aromatic rings. The quantitative estimate of drug-likeness (QED) is 0.146. The molecule has 0 spiro atoms. The Labute approximate surface area is 359 Å². The molecule has 0 atom stereocenters. The summed E-state index contributed by atoms with van der Waals surface area (Å²) >= 11 is 0. The van der Waals surface area contributed by atoms with Gasteiger partial charge < -0.3 is 9.32 Å². The van der Waals surface area contributed by atoms with Crippen LogP contribution in [0.15, 0.2) is 235 Å². The van der Waals surface area contributed by atoms with Gasteiger partial charge >= 0.3 is 0 Å². The zero-order valence-electron chi connectivity index (χ0n) is 33.6. The van der Waals surface area contributed by atoms with Crippen molar-refractivity contribution in [1.82, 2.24) is 15.0 Å². The number of benzene rings is 9. The fourth-order valence-corrected chi connectivity index (χ4v) is 8.29. The van der Waals surface area contributed by atoms with Crippen molar-refractivity contribution in [3.63, 3.8) is 0 Å². The average molecular weight is 795 g/mol. The Morgan fingerprint density at radius 3 is 1.42 bits per heavy atom. The topological polar surface area (TPSA) is 55.1 Å². The molecule has 0 amide bonds. The van der Waals surface area contributed by atoms with E-state index in [2.05, 4.69) is 181 Å². The van der Waals surface area contributed by atoms with Crippen LogP contribution in [0.1, 0.15) is 0 Å². The van der Waals surface area contributed by atoms with Crippen LogP contribution in [-0.2, 0) is 0 Å². The summed E-state index contributed by atoms with van der Waals surface area (Å²) in [4.78, 5) is 17.7. The van der Waals surface area contributed by atoms with Gasteiger partial charge in [-0.05, 0) is 81.9 Å². The van der Waals surface area contributed by atoms with Crippen LogP contribution in [0, 0.1) is 0 Å². The Bertz CT molecular complexity index is 3330. The minimum atomic E-state index is 0.578. The first-order valence-electron chi connectivity index (χ1n) is 20.8. The van der Waals surface area contributed by atoms with Gasteiger partial charge in [-0.25, -0.2) is 15.0 Å². The van der Waals surface area contributed by atoms with Crippen molar-refractivity contribution in [2.75, 3.05) is 4.90 Å². The van der Waals surface area contributed by atoms with Crippen LogP contribution in [0.25, 0.3) is 89.5 Å². The normalized spacial score (nSPS) is 11.2. The van der Waals surface area contributed by atoms with Crippen LogP contribution < -0.4 is 4.90 Å². The van der Waals surface area contributed by atoms with Crippen LogP contribution in [0.4, 0.5) is 17.1 Å². The van der Waals surface area contributed by atoms with Crippen molar-refractivity contribution >= 4 is 39.0 Å². The number of rotatable bonds is 9. The van der Waals surface area contributed by atoms with E-state index in [0.29, 0.717) is 17.5 Å². The van der Waals surface area contributed by atoms with E-state index in [0.717, 1.165) is 83.5 Å². The second-order valence-corrected chi connectivity index (χ2v) is 15.2. The van der Waals surface area contributed by atoms with E-state index < -0.39 is 0 Å². The predicted molar refractivity (Wildman–Crippen MR) is 254 cm³/mol. The molecule has 0 radical (unpaired) electrons. The van der Waals surface area contributed by atoms with Gasteiger partial charge in [0.1, 0.15) is 11.2 Å². The van der Waals surface area contributed by atoms with Crippen molar-refractivity contribution < 1.29 is 4.42 Å². The lowest BCUT2D eigenvalue weighted by Gasteiger charge is -2.26. The van der Waals surface area contributed by atoms with Crippen molar-refractivity contribution in [3.8, 4) is 67.5 Å². The first kappa shape index (κ1) is 36.7. The average Bonchev–Trinajstić information content (AvgIpc) is 3.74. The Kier molecular flexibility index (Phi) is 9.45. The Morgan fingerprint density at radius 2 is 0.758 bits per heavy atom. The molecule has 0 N–H and O–H groups in total. The van der Waals surface area contributed by atoms with Gasteiger partial charge in [0.25, 0.3) is 0 Å². The minimum Gasteiger partial charge on any atom is -0.456 e. The van der Waals surface area contributed by atoms with Crippen LogP contribution in [0.5, 0.6) is 0 Å². The summed E-state index contributed by atoms with van der Waals surface area (Å²) in [5.41, 5.74) is 14.1.